The van der Waals surface area contributed by atoms with Gasteiger partial charge in [0.05, 0.1) is 23.0 Å². The Morgan fingerprint density at radius 2 is 2.24 bits per heavy atom. The molecule has 1 saturated heterocycles. The number of nitrogens with one attached hydrogen (secondary N) is 2. The summed E-state index contributed by atoms with van der Waals surface area (Å²) in [7, 11) is 1.92. The van der Waals surface area contributed by atoms with Crippen LogP contribution in [0.4, 0.5) is 0 Å². The number of hydrogen-bond donors (Lipinski definition) is 3. The van der Waals surface area contributed by atoms with E-state index in [9.17, 15) is 9.90 Å². The fourth-order valence-corrected chi connectivity index (χ4v) is 2.89. The lowest BCUT2D eigenvalue weighted by atomic mass is 10.0. The first-order valence-electron chi connectivity index (χ1n) is 7.15. The molecule has 3 N–H and O–H groups in total. The summed E-state index contributed by atoms with van der Waals surface area (Å²) in [6.45, 7) is 2.51. The molecule has 112 valence electrons. The van der Waals surface area contributed by atoms with Crippen LogP contribution in [0.2, 0.25) is 0 Å². The minimum atomic E-state index is -0.689. The number of nitrogens with zero attached hydrogens (tertiary/aromatic N) is 2. The minimum Gasteiger partial charge on any atom is -0.387 e. The lowest BCUT2D eigenvalue weighted by molar-refractivity contribution is 0.0258. The Morgan fingerprint density at radius 1 is 1.43 bits per heavy atom. The van der Waals surface area contributed by atoms with E-state index in [1.807, 2.05) is 30.1 Å². The van der Waals surface area contributed by atoms with Gasteiger partial charge < -0.3 is 15.4 Å². The number of fused-ring (bicyclic) bond motifs is 1. The van der Waals surface area contributed by atoms with Gasteiger partial charge in [0, 0.05) is 13.1 Å². The summed E-state index contributed by atoms with van der Waals surface area (Å²) < 4.78 is 0. The van der Waals surface area contributed by atoms with Crippen LogP contribution in [0.3, 0.4) is 0 Å². The van der Waals surface area contributed by atoms with Crippen molar-refractivity contribution in [3.63, 3.8) is 0 Å². The number of para-hydroxylation sites is 1. The molecule has 2 heterocycles. The Morgan fingerprint density at radius 3 is 3.00 bits per heavy atom. The van der Waals surface area contributed by atoms with Crippen LogP contribution in [0.25, 0.3) is 10.9 Å². The van der Waals surface area contributed by atoms with Crippen molar-refractivity contribution in [3.8, 4) is 0 Å². The van der Waals surface area contributed by atoms with Crippen molar-refractivity contribution in [3.05, 3.63) is 40.4 Å². The second kappa shape index (κ2) is 5.55. The highest BCUT2D eigenvalue weighted by Crippen LogP contribution is 2.16. The van der Waals surface area contributed by atoms with Crippen LogP contribution in [0, 0.1) is 0 Å². The van der Waals surface area contributed by atoms with Crippen molar-refractivity contribution in [2.45, 2.75) is 18.6 Å². The van der Waals surface area contributed by atoms with Crippen molar-refractivity contribution >= 4 is 10.9 Å². The van der Waals surface area contributed by atoms with Gasteiger partial charge in [-0.05, 0) is 32.1 Å². The second-order valence-electron chi connectivity index (χ2n) is 5.85. The summed E-state index contributed by atoms with van der Waals surface area (Å²) >= 11 is 0. The molecule has 1 fully saturated rings. The first-order valence-corrected chi connectivity index (χ1v) is 7.15. The summed E-state index contributed by atoms with van der Waals surface area (Å²) in [5.41, 5.74) is -0.109. The molecule has 0 bridgehead atoms. The Kier molecular flexibility index (Phi) is 3.75. The molecule has 0 unspecified atom stereocenters. The summed E-state index contributed by atoms with van der Waals surface area (Å²) in [4.78, 5) is 21.3. The van der Waals surface area contributed by atoms with Gasteiger partial charge in [0.15, 0.2) is 0 Å². The SMILES string of the molecule is CN(Cc1nc2ccccc2c(=O)[nH]1)C[C@@]1(O)CCNC1. The van der Waals surface area contributed by atoms with E-state index in [-0.39, 0.29) is 5.56 Å². The van der Waals surface area contributed by atoms with Crippen LogP contribution in [0.15, 0.2) is 29.1 Å². The van der Waals surface area contributed by atoms with Gasteiger partial charge in [-0.2, -0.15) is 0 Å². The highest BCUT2D eigenvalue weighted by Gasteiger charge is 2.32. The molecular formula is C15H20N4O2. The van der Waals surface area contributed by atoms with Crippen LogP contribution < -0.4 is 10.9 Å². The van der Waals surface area contributed by atoms with Crippen molar-refractivity contribution in [2.75, 3.05) is 26.7 Å². The van der Waals surface area contributed by atoms with E-state index >= 15 is 0 Å². The number of β-amino-alcohol motifs (C(OH)–C–C–N with tert-alkyl or cyclic N) is 1. The van der Waals surface area contributed by atoms with Crippen molar-refractivity contribution in [1.29, 1.82) is 0 Å². The molecule has 1 aliphatic rings. The number of benzene rings is 1. The van der Waals surface area contributed by atoms with Gasteiger partial charge in [0.25, 0.3) is 5.56 Å². The first-order chi connectivity index (χ1) is 10.1. The van der Waals surface area contributed by atoms with E-state index < -0.39 is 5.60 Å². The zero-order valence-corrected chi connectivity index (χ0v) is 12.1. The third kappa shape index (κ3) is 3.12. The molecule has 2 aromatic rings. The number of likely N-dealkylation sites (N-methyl/N-ethyl adjacent to an activating group) is 1. The van der Waals surface area contributed by atoms with E-state index in [2.05, 4.69) is 15.3 Å². The zero-order chi connectivity index (χ0) is 14.9. The van der Waals surface area contributed by atoms with E-state index in [0.29, 0.717) is 36.4 Å². The Balaban J connectivity index is 1.77. The number of aromatic amines is 1. The molecule has 6 nitrogen and oxygen atoms in total. The molecular weight excluding hydrogens is 268 g/mol. The van der Waals surface area contributed by atoms with Gasteiger partial charge in [0.1, 0.15) is 5.82 Å². The molecule has 1 aromatic carbocycles. The second-order valence-corrected chi connectivity index (χ2v) is 5.85. The third-order valence-electron chi connectivity index (χ3n) is 3.87. The zero-order valence-electron chi connectivity index (χ0n) is 12.1. The van der Waals surface area contributed by atoms with Gasteiger partial charge >= 0.3 is 0 Å². The van der Waals surface area contributed by atoms with Gasteiger partial charge in [-0.3, -0.25) is 9.69 Å². The number of rotatable bonds is 4. The monoisotopic (exact) mass is 288 g/mol. The minimum absolute atomic E-state index is 0.120. The molecule has 3 rings (SSSR count). The largest absolute Gasteiger partial charge is 0.387 e. The number of aromatic nitrogens is 2. The fraction of sp³-hybridized carbons (Fsp3) is 0.467. The standard InChI is InChI=1S/C15H20N4O2/c1-19(10-15(21)6-7-16-9-15)8-13-17-12-5-3-2-4-11(12)14(20)18-13/h2-5,16,21H,6-10H2,1H3,(H,17,18,20)/t15-/m1/s1. The molecule has 21 heavy (non-hydrogen) atoms. The highest BCUT2D eigenvalue weighted by molar-refractivity contribution is 5.77. The third-order valence-corrected chi connectivity index (χ3v) is 3.87. The van der Waals surface area contributed by atoms with Crippen molar-refractivity contribution in [1.82, 2.24) is 20.2 Å². The molecule has 0 amide bonds. The van der Waals surface area contributed by atoms with E-state index in [0.717, 1.165) is 13.0 Å². The molecule has 0 spiro atoms. The molecule has 0 saturated carbocycles. The van der Waals surface area contributed by atoms with Crippen molar-refractivity contribution < 1.29 is 5.11 Å². The summed E-state index contributed by atoms with van der Waals surface area (Å²) in [5, 5.41) is 14.1. The lowest BCUT2D eigenvalue weighted by Gasteiger charge is -2.27. The molecule has 6 heteroatoms. The average molecular weight is 288 g/mol. The van der Waals surface area contributed by atoms with E-state index in [1.165, 1.54) is 0 Å². The molecule has 0 aliphatic carbocycles. The maximum Gasteiger partial charge on any atom is 0.258 e. The van der Waals surface area contributed by atoms with Crippen molar-refractivity contribution in [2.24, 2.45) is 0 Å². The molecule has 1 aromatic heterocycles. The highest BCUT2D eigenvalue weighted by atomic mass is 16.3. The summed E-state index contributed by atoms with van der Waals surface area (Å²) in [6.07, 6.45) is 0.749. The Labute approximate surface area is 122 Å². The van der Waals surface area contributed by atoms with Crippen LogP contribution in [0.1, 0.15) is 12.2 Å². The van der Waals surface area contributed by atoms with E-state index in [1.54, 1.807) is 6.07 Å². The topological polar surface area (TPSA) is 81.2 Å². The Hall–Kier alpha value is -1.76. The summed E-state index contributed by atoms with van der Waals surface area (Å²) in [5.74, 6) is 0.621. The normalized spacial score (nSPS) is 22.2. The summed E-state index contributed by atoms with van der Waals surface area (Å²) in [6, 6.07) is 7.30. The van der Waals surface area contributed by atoms with E-state index in [4.69, 9.17) is 0 Å². The van der Waals surface area contributed by atoms with Gasteiger partial charge in [0.2, 0.25) is 0 Å². The number of aliphatic hydroxyl groups is 1. The van der Waals surface area contributed by atoms with Crippen LogP contribution in [-0.2, 0) is 6.54 Å². The molecule has 0 radical (unpaired) electrons. The van der Waals surface area contributed by atoms with Crippen LogP contribution in [-0.4, -0.2) is 52.3 Å². The predicted octanol–water partition coefficient (Wildman–Crippen LogP) is 0.0793. The van der Waals surface area contributed by atoms with Crippen LogP contribution >= 0.6 is 0 Å². The quantitative estimate of drug-likeness (QED) is 0.742. The smallest absolute Gasteiger partial charge is 0.258 e. The maximum atomic E-state index is 12.0. The average Bonchev–Trinajstić information content (AvgIpc) is 2.85. The van der Waals surface area contributed by atoms with Gasteiger partial charge in [-0.15, -0.1) is 0 Å². The molecule has 1 atom stereocenters. The van der Waals surface area contributed by atoms with Crippen LogP contribution in [0.5, 0.6) is 0 Å². The lowest BCUT2D eigenvalue weighted by Crippen LogP contribution is -2.43. The van der Waals surface area contributed by atoms with Gasteiger partial charge in [-0.25, -0.2) is 4.98 Å². The number of hydrogen-bond acceptors (Lipinski definition) is 5. The maximum absolute atomic E-state index is 12.0. The van der Waals surface area contributed by atoms with Gasteiger partial charge in [-0.1, -0.05) is 12.1 Å². The number of H-pyrrole nitrogens is 1. The molecule has 1 aliphatic heterocycles. The fourth-order valence-electron chi connectivity index (χ4n) is 2.89. The first kappa shape index (κ1) is 14.2. The Bertz CT molecular complexity index is 691. The predicted molar refractivity (Wildman–Crippen MR) is 81.1 cm³/mol.